The fourth-order valence-electron chi connectivity index (χ4n) is 3.80. The van der Waals surface area contributed by atoms with Crippen LogP contribution >= 0.6 is 11.6 Å². The maximum atomic E-state index is 10.5. The minimum atomic E-state index is -0.762. The third-order valence-corrected chi connectivity index (χ3v) is 6.14. The summed E-state index contributed by atoms with van der Waals surface area (Å²) in [5.41, 5.74) is 0. The molecule has 1 unspecified atom stereocenters. The second-order valence-corrected chi connectivity index (χ2v) is 8.04. The van der Waals surface area contributed by atoms with Crippen molar-refractivity contribution >= 4 is 17.6 Å². The van der Waals surface area contributed by atoms with Gasteiger partial charge in [-0.3, -0.25) is 4.79 Å². The van der Waals surface area contributed by atoms with Gasteiger partial charge in [-0.25, -0.2) is 0 Å². The molecular weight excluding hydrogens is 340 g/mol. The van der Waals surface area contributed by atoms with Gasteiger partial charge in [0.25, 0.3) is 0 Å². The maximum absolute atomic E-state index is 10.5. The lowest BCUT2D eigenvalue weighted by Crippen LogP contribution is -2.26. The van der Waals surface area contributed by atoms with Gasteiger partial charge in [-0.15, -0.1) is 11.6 Å². The van der Waals surface area contributed by atoms with Crippen LogP contribution in [0.15, 0.2) is 24.3 Å². The zero-order valence-corrected chi connectivity index (χ0v) is 15.5. The van der Waals surface area contributed by atoms with E-state index in [2.05, 4.69) is 6.08 Å². The minimum Gasteiger partial charge on any atom is -0.481 e. The molecule has 0 aromatic rings. The average molecular weight is 371 g/mol. The standard InChI is InChI=1S/C20H31ClO4/c21-17-13-19(23)16(10-6-11-18(22)14-7-5-8-14)15(17)9-3-1-2-4-12-20(24)25/h1,3,6,10,14-19,22-23H,2,4-5,7-9,11-13H2,(H,24,25)/b3-1-,10-6+/t15-,16-,17-,18?,19-/m1/s1. The highest BCUT2D eigenvalue weighted by atomic mass is 35.5. The van der Waals surface area contributed by atoms with E-state index in [0.717, 1.165) is 25.7 Å². The molecule has 2 aliphatic carbocycles. The number of carboxylic acids is 1. The van der Waals surface area contributed by atoms with E-state index < -0.39 is 12.1 Å². The Kier molecular flexibility index (Phi) is 8.47. The van der Waals surface area contributed by atoms with Crippen molar-refractivity contribution in [2.24, 2.45) is 17.8 Å². The number of carboxylic acid groups (broad SMARTS) is 1. The molecule has 0 aliphatic heterocycles. The van der Waals surface area contributed by atoms with Crippen molar-refractivity contribution in [3.63, 3.8) is 0 Å². The van der Waals surface area contributed by atoms with Crippen molar-refractivity contribution in [1.82, 2.24) is 0 Å². The first-order valence-corrected chi connectivity index (χ1v) is 9.96. The second-order valence-electron chi connectivity index (χ2n) is 7.48. The quantitative estimate of drug-likeness (QED) is 0.309. The lowest BCUT2D eigenvalue weighted by Gasteiger charge is -2.29. The van der Waals surface area contributed by atoms with E-state index in [0.29, 0.717) is 25.2 Å². The Morgan fingerprint density at radius 2 is 2.00 bits per heavy atom. The van der Waals surface area contributed by atoms with Crippen LogP contribution in [-0.2, 0) is 4.79 Å². The fraction of sp³-hybridized carbons (Fsp3) is 0.750. The predicted octanol–water partition coefficient (Wildman–Crippen LogP) is 3.90. The molecule has 142 valence electrons. The number of hydrogen-bond acceptors (Lipinski definition) is 3. The first-order chi connectivity index (χ1) is 12.0. The Balaban J connectivity index is 1.78. The Morgan fingerprint density at radius 3 is 2.64 bits per heavy atom. The molecule has 0 radical (unpaired) electrons. The number of aliphatic carboxylic acids is 1. The molecule has 0 bridgehead atoms. The van der Waals surface area contributed by atoms with E-state index in [1.54, 1.807) is 0 Å². The lowest BCUT2D eigenvalue weighted by molar-refractivity contribution is -0.137. The van der Waals surface area contributed by atoms with Gasteiger partial charge >= 0.3 is 5.97 Å². The van der Waals surface area contributed by atoms with Gasteiger partial charge in [-0.1, -0.05) is 30.7 Å². The minimum absolute atomic E-state index is 0.0276. The van der Waals surface area contributed by atoms with Gasteiger partial charge in [0, 0.05) is 17.7 Å². The second kappa shape index (κ2) is 10.3. The number of aliphatic hydroxyl groups is 2. The highest BCUT2D eigenvalue weighted by Crippen LogP contribution is 2.39. The molecule has 2 saturated carbocycles. The summed E-state index contributed by atoms with van der Waals surface area (Å²) < 4.78 is 0. The number of alkyl halides is 1. The highest BCUT2D eigenvalue weighted by Gasteiger charge is 2.39. The third kappa shape index (κ3) is 6.43. The van der Waals surface area contributed by atoms with E-state index in [1.165, 1.54) is 6.42 Å². The van der Waals surface area contributed by atoms with Crippen molar-refractivity contribution < 1.29 is 20.1 Å². The maximum Gasteiger partial charge on any atom is 0.303 e. The van der Waals surface area contributed by atoms with Crippen LogP contribution in [0, 0.1) is 17.8 Å². The van der Waals surface area contributed by atoms with Crippen molar-refractivity contribution in [1.29, 1.82) is 0 Å². The molecule has 5 heteroatoms. The van der Waals surface area contributed by atoms with Gasteiger partial charge in [0.15, 0.2) is 0 Å². The van der Waals surface area contributed by atoms with Crippen LogP contribution in [0.2, 0.25) is 0 Å². The van der Waals surface area contributed by atoms with Crippen LogP contribution in [0.5, 0.6) is 0 Å². The number of halogens is 1. The summed E-state index contributed by atoms with van der Waals surface area (Å²) in [5, 5.41) is 28.9. The van der Waals surface area contributed by atoms with Gasteiger partial charge < -0.3 is 15.3 Å². The fourth-order valence-corrected chi connectivity index (χ4v) is 4.25. The normalized spacial score (nSPS) is 31.6. The SMILES string of the molecule is O=C(O)CCC/C=C\C[C@@H]1[C@@H](/C=C/CC(O)C2CCC2)[C@H](O)C[C@H]1Cl. The van der Waals surface area contributed by atoms with E-state index in [4.69, 9.17) is 16.7 Å². The Bertz CT molecular complexity index is 472. The smallest absolute Gasteiger partial charge is 0.303 e. The molecule has 0 heterocycles. The van der Waals surface area contributed by atoms with Gasteiger partial charge in [0.2, 0.25) is 0 Å². The Labute approximate surface area is 155 Å². The summed E-state index contributed by atoms with van der Waals surface area (Å²) in [6.45, 7) is 0. The van der Waals surface area contributed by atoms with Crippen LogP contribution in [-0.4, -0.2) is 38.9 Å². The van der Waals surface area contributed by atoms with Crippen molar-refractivity contribution in [2.45, 2.75) is 75.4 Å². The number of rotatable bonds is 10. The molecule has 5 atom stereocenters. The van der Waals surface area contributed by atoms with Crippen LogP contribution in [0.4, 0.5) is 0 Å². The van der Waals surface area contributed by atoms with Gasteiger partial charge in [-0.05, 0) is 56.8 Å². The largest absolute Gasteiger partial charge is 0.481 e. The zero-order chi connectivity index (χ0) is 18.2. The highest BCUT2D eigenvalue weighted by molar-refractivity contribution is 6.21. The predicted molar refractivity (Wildman–Crippen MR) is 99.6 cm³/mol. The zero-order valence-electron chi connectivity index (χ0n) is 14.8. The van der Waals surface area contributed by atoms with Crippen LogP contribution < -0.4 is 0 Å². The first-order valence-electron chi connectivity index (χ1n) is 9.52. The molecule has 2 aliphatic rings. The molecule has 0 aromatic carbocycles. The van der Waals surface area contributed by atoms with E-state index in [-0.39, 0.29) is 29.7 Å². The van der Waals surface area contributed by atoms with E-state index in [1.807, 2.05) is 18.2 Å². The van der Waals surface area contributed by atoms with Crippen LogP contribution in [0.25, 0.3) is 0 Å². The van der Waals surface area contributed by atoms with Gasteiger partial charge in [0.05, 0.1) is 12.2 Å². The van der Waals surface area contributed by atoms with Crippen molar-refractivity contribution in [3.8, 4) is 0 Å². The molecule has 0 spiro atoms. The summed E-state index contributed by atoms with van der Waals surface area (Å²) in [6, 6.07) is 0. The molecule has 2 rings (SSSR count). The van der Waals surface area contributed by atoms with Gasteiger partial charge in [-0.2, -0.15) is 0 Å². The van der Waals surface area contributed by atoms with Crippen molar-refractivity contribution in [2.75, 3.05) is 0 Å². The molecule has 2 fully saturated rings. The number of allylic oxidation sites excluding steroid dienone is 2. The van der Waals surface area contributed by atoms with Crippen LogP contribution in [0.1, 0.15) is 57.8 Å². The molecular formula is C20H31ClO4. The molecule has 3 N–H and O–H groups in total. The molecule has 0 amide bonds. The van der Waals surface area contributed by atoms with Crippen LogP contribution in [0.3, 0.4) is 0 Å². The third-order valence-electron chi connectivity index (χ3n) is 5.64. The summed E-state index contributed by atoms with van der Waals surface area (Å²) in [6.07, 6.45) is 14.5. The van der Waals surface area contributed by atoms with Gasteiger partial charge in [0.1, 0.15) is 0 Å². The van der Waals surface area contributed by atoms with E-state index in [9.17, 15) is 15.0 Å². The summed E-state index contributed by atoms with van der Waals surface area (Å²) in [4.78, 5) is 10.5. The number of unbranched alkanes of at least 4 members (excludes halogenated alkanes) is 1. The Morgan fingerprint density at radius 1 is 1.24 bits per heavy atom. The Hall–Kier alpha value is -0.840. The topological polar surface area (TPSA) is 77.8 Å². The van der Waals surface area contributed by atoms with E-state index >= 15 is 0 Å². The monoisotopic (exact) mass is 370 g/mol. The molecule has 4 nitrogen and oxygen atoms in total. The molecule has 0 aromatic heterocycles. The number of hydrogen-bond donors (Lipinski definition) is 3. The lowest BCUT2D eigenvalue weighted by atomic mass is 9.80. The first kappa shape index (κ1) is 20.5. The summed E-state index contributed by atoms with van der Waals surface area (Å²) in [7, 11) is 0. The molecule has 25 heavy (non-hydrogen) atoms. The summed E-state index contributed by atoms with van der Waals surface area (Å²) in [5.74, 6) is -0.102. The van der Waals surface area contributed by atoms with Crippen molar-refractivity contribution in [3.05, 3.63) is 24.3 Å². The summed E-state index contributed by atoms with van der Waals surface area (Å²) >= 11 is 6.42. The number of carbonyl (C=O) groups is 1. The average Bonchev–Trinajstić information content (AvgIpc) is 2.75. The molecule has 0 saturated heterocycles. The number of aliphatic hydroxyl groups excluding tert-OH is 2.